The molecule has 10 heteroatoms. The number of benzene rings is 4. The van der Waals surface area contributed by atoms with Crippen LogP contribution in [0.2, 0.25) is 5.02 Å². The Morgan fingerprint density at radius 2 is 1.83 bits per heavy atom. The summed E-state index contributed by atoms with van der Waals surface area (Å²) in [4.78, 5) is 40.2. The average molecular weight is 666 g/mol. The maximum absolute atomic E-state index is 13.3. The molecule has 214 valence electrons. The zero-order valence-corrected chi connectivity index (χ0v) is 25.9. The molecular formula is C32H26BrClN2O5S. The van der Waals surface area contributed by atoms with E-state index in [4.69, 9.17) is 21.1 Å². The van der Waals surface area contributed by atoms with E-state index in [1.54, 1.807) is 30.3 Å². The minimum atomic E-state index is -0.367. The fraction of sp³-hybridized carbons (Fsp3) is 0.156. The van der Waals surface area contributed by atoms with E-state index >= 15 is 0 Å². The van der Waals surface area contributed by atoms with Crippen molar-refractivity contribution >= 4 is 78.9 Å². The molecule has 0 saturated carbocycles. The first-order valence-electron chi connectivity index (χ1n) is 13.1. The second kappa shape index (κ2) is 13.0. The van der Waals surface area contributed by atoms with Crippen LogP contribution in [-0.2, 0) is 16.1 Å². The van der Waals surface area contributed by atoms with Gasteiger partial charge in [-0.3, -0.25) is 19.3 Å². The molecule has 0 aromatic heterocycles. The Hall–Kier alpha value is -3.79. The van der Waals surface area contributed by atoms with Crippen molar-refractivity contribution in [1.82, 2.24) is 4.90 Å². The molecule has 1 heterocycles. The maximum Gasteiger partial charge on any atom is 0.293 e. The van der Waals surface area contributed by atoms with Gasteiger partial charge in [0.15, 0.2) is 18.1 Å². The summed E-state index contributed by atoms with van der Waals surface area (Å²) >= 11 is 10.6. The van der Waals surface area contributed by atoms with E-state index in [1.165, 1.54) is 4.90 Å². The summed E-state index contributed by atoms with van der Waals surface area (Å²) in [6.45, 7) is 3.97. The van der Waals surface area contributed by atoms with Gasteiger partial charge in [-0.1, -0.05) is 60.1 Å². The van der Waals surface area contributed by atoms with Crippen LogP contribution in [0.25, 0.3) is 16.8 Å². The number of aryl methyl sites for hydroxylation is 1. The summed E-state index contributed by atoms with van der Waals surface area (Å²) < 4.78 is 12.1. The molecule has 4 aromatic rings. The highest BCUT2D eigenvalue weighted by molar-refractivity contribution is 9.10. The molecule has 0 radical (unpaired) electrons. The van der Waals surface area contributed by atoms with Gasteiger partial charge in [0.05, 0.1) is 22.5 Å². The van der Waals surface area contributed by atoms with Crippen LogP contribution in [0, 0.1) is 6.92 Å². The number of halogens is 2. The number of carbonyl (C=O) groups is 3. The Kier molecular flexibility index (Phi) is 9.21. The summed E-state index contributed by atoms with van der Waals surface area (Å²) in [6.07, 6.45) is 1.65. The molecule has 3 amide bonds. The maximum atomic E-state index is 13.3. The van der Waals surface area contributed by atoms with Gasteiger partial charge in [-0.25, -0.2) is 0 Å². The Labute approximate surface area is 260 Å². The fourth-order valence-electron chi connectivity index (χ4n) is 4.47. The number of imide groups is 1. The van der Waals surface area contributed by atoms with Crippen molar-refractivity contribution in [1.29, 1.82) is 0 Å². The van der Waals surface area contributed by atoms with Crippen molar-refractivity contribution in [3.8, 4) is 11.5 Å². The predicted molar refractivity (Wildman–Crippen MR) is 171 cm³/mol. The molecule has 5 rings (SSSR count). The van der Waals surface area contributed by atoms with Crippen molar-refractivity contribution in [2.24, 2.45) is 0 Å². The van der Waals surface area contributed by atoms with E-state index in [0.717, 1.165) is 33.7 Å². The van der Waals surface area contributed by atoms with E-state index in [0.29, 0.717) is 43.8 Å². The minimum absolute atomic E-state index is 0.181. The molecule has 0 atom stereocenters. The van der Waals surface area contributed by atoms with Crippen LogP contribution in [0.5, 0.6) is 11.5 Å². The van der Waals surface area contributed by atoms with Gasteiger partial charge in [0.1, 0.15) is 0 Å². The first-order valence-corrected chi connectivity index (χ1v) is 15.1. The third-order valence-electron chi connectivity index (χ3n) is 6.51. The lowest BCUT2D eigenvalue weighted by molar-refractivity contribution is -0.123. The summed E-state index contributed by atoms with van der Waals surface area (Å²) in [5.41, 5.74) is 3.00. The SMILES string of the molecule is CCOc1cc(/C=C2\SC(=O)N(Cc3cccc4ccccc34)C2=O)cc(Br)c1OCC(=O)Nc1ccc(C)c(Cl)c1. The molecule has 0 bridgehead atoms. The predicted octanol–water partition coefficient (Wildman–Crippen LogP) is 8.22. The van der Waals surface area contributed by atoms with Gasteiger partial charge in [-0.05, 0) is 99.3 Å². The van der Waals surface area contributed by atoms with Crippen LogP contribution in [-0.4, -0.2) is 35.2 Å². The minimum Gasteiger partial charge on any atom is -0.490 e. The molecule has 4 aromatic carbocycles. The molecule has 1 fully saturated rings. The zero-order valence-electron chi connectivity index (χ0n) is 22.8. The number of amides is 3. The van der Waals surface area contributed by atoms with E-state index in [-0.39, 0.29) is 30.2 Å². The topological polar surface area (TPSA) is 84.9 Å². The van der Waals surface area contributed by atoms with Crippen LogP contribution in [0.15, 0.2) is 82.2 Å². The average Bonchev–Trinajstić information content (AvgIpc) is 3.22. The van der Waals surface area contributed by atoms with Gasteiger partial charge in [-0.15, -0.1) is 0 Å². The third-order valence-corrected chi connectivity index (χ3v) is 8.42. The second-order valence-electron chi connectivity index (χ2n) is 9.47. The van der Waals surface area contributed by atoms with Gasteiger partial charge in [0.2, 0.25) is 0 Å². The fourth-order valence-corrected chi connectivity index (χ4v) is 6.06. The van der Waals surface area contributed by atoms with Crippen molar-refractivity contribution in [2.75, 3.05) is 18.5 Å². The molecule has 7 nitrogen and oxygen atoms in total. The number of hydrogen-bond donors (Lipinski definition) is 1. The second-order valence-corrected chi connectivity index (χ2v) is 11.7. The number of anilines is 1. The smallest absolute Gasteiger partial charge is 0.293 e. The summed E-state index contributed by atoms with van der Waals surface area (Å²) in [7, 11) is 0. The van der Waals surface area contributed by atoms with Gasteiger partial charge in [0.25, 0.3) is 17.1 Å². The summed E-state index contributed by atoms with van der Waals surface area (Å²) in [6, 6.07) is 22.4. The van der Waals surface area contributed by atoms with Crippen LogP contribution < -0.4 is 14.8 Å². The molecule has 42 heavy (non-hydrogen) atoms. The van der Waals surface area contributed by atoms with Crippen LogP contribution >= 0.6 is 39.3 Å². The largest absolute Gasteiger partial charge is 0.490 e. The van der Waals surface area contributed by atoms with Gasteiger partial charge >= 0.3 is 0 Å². The zero-order chi connectivity index (χ0) is 29.8. The highest BCUT2D eigenvalue weighted by atomic mass is 79.9. The van der Waals surface area contributed by atoms with Crippen molar-refractivity contribution < 1.29 is 23.9 Å². The Morgan fingerprint density at radius 3 is 2.62 bits per heavy atom. The van der Waals surface area contributed by atoms with Crippen LogP contribution in [0.1, 0.15) is 23.6 Å². The molecule has 1 N–H and O–H groups in total. The molecular weight excluding hydrogens is 640 g/mol. The van der Waals surface area contributed by atoms with E-state index in [1.807, 2.05) is 62.4 Å². The number of nitrogens with zero attached hydrogens (tertiary/aromatic N) is 1. The Balaban J connectivity index is 1.32. The number of hydrogen-bond acceptors (Lipinski definition) is 6. The summed E-state index contributed by atoms with van der Waals surface area (Å²) in [5.74, 6) is 0.00266. The quantitative estimate of drug-likeness (QED) is 0.181. The highest BCUT2D eigenvalue weighted by Gasteiger charge is 2.35. The van der Waals surface area contributed by atoms with E-state index < -0.39 is 0 Å². The first-order chi connectivity index (χ1) is 20.2. The molecule has 1 saturated heterocycles. The lowest BCUT2D eigenvalue weighted by Crippen LogP contribution is -2.27. The lowest BCUT2D eigenvalue weighted by Gasteiger charge is -2.15. The van der Waals surface area contributed by atoms with Crippen molar-refractivity contribution in [3.05, 3.63) is 104 Å². The monoisotopic (exact) mass is 664 g/mol. The first kappa shape index (κ1) is 29.7. The van der Waals surface area contributed by atoms with Gasteiger partial charge in [-0.2, -0.15) is 0 Å². The van der Waals surface area contributed by atoms with Crippen molar-refractivity contribution in [2.45, 2.75) is 20.4 Å². The molecule has 1 aliphatic heterocycles. The van der Waals surface area contributed by atoms with Crippen molar-refractivity contribution in [3.63, 3.8) is 0 Å². The molecule has 0 unspecified atom stereocenters. The number of thioether (sulfide) groups is 1. The van der Waals surface area contributed by atoms with E-state index in [9.17, 15) is 14.4 Å². The third kappa shape index (κ3) is 6.64. The molecule has 0 aliphatic carbocycles. The van der Waals surface area contributed by atoms with Gasteiger partial charge in [0, 0.05) is 10.7 Å². The van der Waals surface area contributed by atoms with Gasteiger partial charge < -0.3 is 14.8 Å². The van der Waals surface area contributed by atoms with Crippen LogP contribution in [0.4, 0.5) is 10.5 Å². The van der Waals surface area contributed by atoms with E-state index in [2.05, 4.69) is 21.2 Å². The number of ether oxygens (including phenoxy) is 2. The highest BCUT2D eigenvalue weighted by Crippen LogP contribution is 2.40. The molecule has 1 aliphatic rings. The number of nitrogens with one attached hydrogen (secondary N) is 1. The lowest BCUT2D eigenvalue weighted by atomic mass is 10.0. The summed E-state index contributed by atoms with van der Waals surface area (Å²) in [5, 5.41) is 5.03. The number of carbonyl (C=O) groups excluding carboxylic acids is 3. The Morgan fingerprint density at radius 1 is 1.05 bits per heavy atom. The number of rotatable bonds is 9. The standard InChI is InChI=1S/C32H26BrClN2O5S/c1-3-40-27-14-20(13-25(33)30(27)41-18-29(37)35-23-12-11-19(2)26(34)16-23)15-28-31(38)36(32(39)42-28)17-22-9-6-8-21-7-4-5-10-24(21)22/h4-16H,3,17-18H2,1-2H3,(H,35,37)/b28-15-. The molecule has 0 spiro atoms. The van der Waals surface area contributed by atoms with Crippen LogP contribution in [0.3, 0.4) is 0 Å². The Bertz CT molecular complexity index is 1740. The number of fused-ring (bicyclic) bond motifs is 1. The normalized spacial score (nSPS) is 14.1.